The zero-order valence-electron chi connectivity index (χ0n) is 10.6. The van der Waals surface area contributed by atoms with Crippen molar-refractivity contribution in [3.63, 3.8) is 0 Å². The van der Waals surface area contributed by atoms with Crippen LogP contribution in [0.2, 0.25) is 0 Å². The van der Waals surface area contributed by atoms with Gasteiger partial charge in [0.15, 0.2) is 5.69 Å². The van der Waals surface area contributed by atoms with Gasteiger partial charge in [0.2, 0.25) is 0 Å². The zero-order valence-corrected chi connectivity index (χ0v) is 10.6. The molecule has 0 aliphatic carbocycles. The fraction of sp³-hybridized carbons (Fsp3) is 0.727. The van der Waals surface area contributed by atoms with E-state index in [9.17, 15) is 10.1 Å². The van der Waals surface area contributed by atoms with Crippen molar-refractivity contribution >= 4 is 11.5 Å². The number of nitro groups is 1. The van der Waals surface area contributed by atoms with E-state index in [0.29, 0.717) is 5.69 Å². The molecule has 0 bridgehead atoms. The number of nitrogens with zero attached hydrogens (tertiary/aromatic N) is 3. The molecule has 18 heavy (non-hydrogen) atoms. The molecule has 7 nitrogen and oxygen atoms in total. The molecule has 1 unspecified atom stereocenters. The molecule has 1 atom stereocenters. The van der Waals surface area contributed by atoms with Crippen molar-refractivity contribution in [1.82, 2.24) is 15.1 Å². The number of H-pyrrole nitrogens is 1. The lowest BCUT2D eigenvalue weighted by molar-refractivity contribution is -0.388. The first-order valence-corrected chi connectivity index (χ1v) is 6.33. The molecule has 0 radical (unpaired) electrons. The number of anilines is 1. The summed E-state index contributed by atoms with van der Waals surface area (Å²) in [5.74, 6) is -0.0690. The van der Waals surface area contributed by atoms with E-state index in [1.54, 1.807) is 0 Å². The van der Waals surface area contributed by atoms with Gasteiger partial charge in [0.1, 0.15) is 6.20 Å². The third kappa shape index (κ3) is 3.19. The molecular weight excluding hydrogens is 234 g/mol. The van der Waals surface area contributed by atoms with Gasteiger partial charge in [0, 0.05) is 12.6 Å². The zero-order chi connectivity index (χ0) is 13.0. The van der Waals surface area contributed by atoms with E-state index in [1.165, 1.54) is 25.5 Å². The van der Waals surface area contributed by atoms with Crippen LogP contribution in [0.25, 0.3) is 0 Å². The van der Waals surface area contributed by atoms with Crippen molar-refractivity contribution in [1.29, 1.82) is 0 Å². The van der Waals surface area contributed by atoms with E-state index in [0.717, 1.165) is 19.6 Å². The molecule has 1 aliphatic rings. The van der Waals surface area contributed by atoms with Crippen LogP contribution in [-0.2, 0) is 0 Å². The number of hydrogen-bond donors (Lipinski definition) is 2. The van der Waals surface area contributed by atoms with Crippen molar-refractivity contribution in [3.05, 3.63) is 16.3 Å². The van der Waals surface area contributed by atoms with Gasteiger partial charge in [0.25, 0.3) is 0 Å². The van der Waals surface area contributed by atoms with Gasteiger partial charge in [-0.05, 0) is 37.8 Å². The number of rotatable bonds is 5. The van der Waals surface area contributed by atoms with E-state index in [-0.39, 0.29) is 11.9 Å². The Kier molecular flexibility index (Phi) is 4.14. The summed E-state index contributed by atoms with van der Waals surface area (Å²) in [6.45, 7) is 5.19. The topological polar surface area (TPSA) is 87.1 Å². The molecular formula is C11H19N5O2. The minimum atomic E-state index is -0.455. The van der Waals surface area contributed by atoms with Crippen molar-refractivity contribution < 1.29 is 4.92 Å². The van der Waals surface area contributed by atoms with Crippen LogP contribution in [0.15, 0.2) is 6.20 Å². The predicted molar refractivity (Wildman–Crippen MR) is 68.6 cm³/mol. The Morgan fingerprint density at radius 3 is 2.94 bits per heavy atom. The highest BCUT2D eigenvalue weighted by atomic mass is 16.6. The second-order valence-corrected chi connectivity index (χ2v) is 4.80. The second-order valence-electron chi connectivity index (χ2n) is 4.80. The Bertz CT molecular complexity index is 400. The summed E-state index contributed by atoms with van der Waals surface area (Å²) in [5, 5.41) is 20.0. The molecule has 1 aromatic heterocycles. The average molecular weight is 253 g/mol. The maximum absolute atomic E-state index is 10.7. The van der Waals surface area contributed by atoms with Crippen LogP contribution >= 0.6 is 0 Å². The minimum Gasteiger partial charge on any atom is -0.373 e. The van der Waals surface area contributed by atoms with Gasteiger partial charge in [0.05, 0.1) is 0 Å². The van der Waals surface area contributed by atoms with Crippen molar-refractivity contribution in [2.45, 2.75) is 32.2 Å². The third-order valence-electron chi connectivity index (χ3n) is 3.18. The standard InChI is InChI=1S/C11H19N5O2/c1-9(8-15-5-3-2-4-6-15)13-10-7-12-14-11(10)16(17)18/h7,9,13H,2-6,8H2,1H3,(H,12,14). The summed E-state index contributed by atoms with van der Waals surface area (Å²) in [6.07, 6.45) is 5.27. The van der Waals surface area contributed by atoms with Crippen molar-refractivity contribution in [2.24, 2.45) is 0 Å². The first-order chi connectivity index (χ1) is 8.66. The molecule has 1 aliphatic heterocycles. The summed E-state index contributed by atoms with van der Waals surface area (Å²) >= 11 is 0. The van der Waals surface area contributed by atoms with Gasteiger partial charge in [-0.3, -0.25) is 0 Å². The Morgan fingerprint density at radius 2 is 2.28 bits per heavy atom. The summed E-state index contributed by atoms with van der Waals surface area (Å²) in [7, 11) is 0. The van der Waals surface area contributed by atoms with Gasteiger partial charge >= 0.3 is 5.82 Å². The lowest BCUT2D eigenvalue weighted by Gasteiger charge is -2.29. The van der Waals surface area contributed by atoms with Crippen LogP contribution in [0, 0.1) is 10.1 Å². The Balaban J connectivity index is 1.88. The Morgan fingerprint density at radius 1 is 1.56 bits per heavy atom. The first kappa shape index (κ1) is 12.8. The molecule has 2 N–H and O–H groups in total. The average Bonchev–Trinajstić information content (AvgIpc) is 2.78. The number of piperidine rings is 1. The van der Waals surface area contributed by atoms with Gasteiger partial charge in [-0.1, -0.05) is 11.5 Å². The van der Waals surface area contributed by atoms with E-state index >= 15 is 0 Å². The summed E-state index contributed by atoms with van der Waals surface area (Å²) in [4.78, 5) is 12.7. The van der Waals surface area contributed by atoms with Crippen LogP contribution in [0.3, 0.4) is 0 Å². The molecule has 0 aromatic carbocycles. The maximum Gasteiger partial charge on any atom is 0.366 e. The number of aromatic nitrogens is 2. The highest BCUT2D eigenvalue weighted by Gasteiger charge is 2.18. The van der Waals surface area contributed by atoms with Crippen LogP contribution < -0.4 is 5.32 Å². The van der Waals surface area contributed by atoms with Gasteiger partial charge < -0.3 is 20.3 Å². The van der Waals surface area contributed by atoms with Crippen LogP contribution in [-0.4, -0.2) is 45.7 Å². The van der Waals surface area contributed by atoms with E-state index in [4.69, 9.17) is 0 Å². The van der Waals surface area contributed by atoms with E-state index in [2.05, 4.69) is 20.4 Å². The lowest BCUT2D eigenvalue weighted by atomic mass is 10.1. The number of nitrogens with one attached hydrogen (secondary N) is 2. The van der Waals surface area contributed by atoms with Crippen LogP contribution in [0.4, 0.5) is 11.5 Å². The first-order valence-electron chi connectivity index (χ1n) is 6.33. The SMILES string of the molecule is CC(CN1CCCCC1)Nc1cn[nH]c1[N+](=O)[O-]. The predicted octanol–water partition coefficient (Wildman–Crippen LogP) is 1.60. The summed E-state index contributed by atoms with van der Waals surface area (Å²) in [6, 6.07) is 0.166. The van der Waals surface area contributed by atoms with Gasteiger partial charge in [-0.2, -0.15) is 0 Å². The van der Waals surface area contributed by atoms with E-state index < -0.39 is 4.92 Å². The smallest absolute Gasteiger partial charge is 0.366 e. The third-order valence-corrected chi connectivity index (χ3v) is 3.18. The lowest BCUT2D eigenvalue weighted by Crippen LogP contribution is -2.38. The molecule has 0 amide bonds. The molecule has 1 saturated heterocycles. The fourth-order valence-electron chi connectivity index (χ4n) is 2.36. The molecule has 2 heterocycles. The molecule has 100 valence electrons. The molecule has 0 saturated carbocycles. The van der Waals surface area contributed by atoms with Crippen LogP contribution in [0.1, 0.15) is 26.2 Å². The normalized spacial score (nSPS) is 18.5. The monoisotopic (exact) mass is 253 g/mol. The highest BCUT2D eigenvalue weighted by molar-refractivity contribution is 5.55. The number of aromatic amines is 1. The maximum atomic E-state index is 10.7. The molecule has 1 aromatic rings. The van der Waals surface area contributed by atoms with Crippen molar-refractivity contribution in [2.75, 3.05) is 25.0 Å². The number of likely N-dealkylation sites (tertiary alicyclic amines) is 1. The quantitative estimate of drug-likeness (QED) is 0.615. The summed E-state index contributed by atoms with van der Waals surface area (Å²) in [5.41, 5.74) is 0.463. The molecule has 0 spiro atoms. The molecule has 2 rings (SSSR count). The summed E-state index contributed by atoms with van der Waals surface area (Å²) < 4.78 is 0. The minimum absolute atomic E-state index is 0.0690. The Hall–Kier alpha value is -1.63. The van der Waals surface area contributed by atoms with Crippen molar-refractivity contribution in [3.8, 4) is 0 Å². The largest absolute Gasteiger partial charge is 0.373 e. The highest BCUT2D eigenvalue weighted by Crippen LogP contribution is 2.21. The molecule has 1 fully saturated rings. The Labute approximate surface area is 106 Å². The van der Waals surface area contributed by atoms with Gasteiger partial charge in [-0.25, -0.2) is 0 Å². The number of hydrogen-bond acceptors (Lipinski definition) is 5. The molecule has 7 heteroatoms. The second kappa shape index (κ2) is 5.81. The van der Waals surface area contributed by atoms with E-state index in [1.807, 2.05) is 6.92 Å². The van der Waals surface area contributed by atoms with Crippen LogP contribution in [0.5, 0.6) is 0 Å². The van der Waals surface area contributed by atoms with Gasteiger partial charge in [-0.15, -0.1) is 5.10 Å². The fourth-order valence-corrected chi connectivity index (χ4v) is 2.36.